The van der Waals surface area contributed by atoms with Crippen LogP contribution in [0.25, 0.3) is 0 Å². The third kappa shape index (κ3) is 4.77. The van der Waals surface area contributed by atoms with Crippen LogP contribution >= 0.6 is 11.6 Å². The van der Waals surface area contributed by atoms with Crippen LogP contribution in [-0.4, -0.2) is 20.9 Å². The minimum absolute atomic E-state index is 0.256. The van der Waals surface area contributed by atoms with Gasteiger partial charge >= 0.3 is 0 Å². The van der Waals surface area contributed by atoms with Gasteiger partial charge in [-0.2, -0.15) is 0 Å². The zero-order valence-corrected chi connectivity index (χ0v) is 15.0. The number of hydrogen-bond acceptors (Lipinski definition) is 5. The number of carbonyl (C=O) groups excluding carboxylic acids is 1. The van der Waals surface area contributed by atoms with Crippen molar-refractivity contribution < 1.29 is 4.79 Å². The summed E-state index contributed by atoms with van der Waals surface area (Å²) in [6.07, 6.45) is 3.38. The number of pyridine rings is 1. The summed E-state index contributed by atoms with van der Waals surface area (Å²) in [5, 5.41) is 6.63. The summed E-state index contributed by atoms with van der Waals surface area (Å²) >= 11 is 6.15. The number of amides is 1. The average Bonchev–Trinajstić information content (AvgIpc) is 2.66. The molecule has 2 N–H and O–H groups in total. The van der Waals surface area contributed by atoms with Crippen molar-refractivity contribution in [2.45, 2.75) is 20.0 Å². The molecule has 0 fully saturated rings. The minimum atomic E-state index is -0.256. The van der Waals surface area contributed by atoms with Crippen molar-refractivity contribution in [3.63, 3.8) is 0 Å². The van der Waals surface area contributed by atoms with Crippen LogP contribution in [0.15, 0.2) is 54.9 Å². The third-order valence-electron chi connectivity index (χ3n) is 3.68. The van der Waals surface area contributed by atoms with Crippen molar-refractivity contribution >= 4 is 23.5 Å². The lowest BCUT2D eigenvalue weighted by Crippen LogP contribution is -2.24. The summed E-state index contributed by atoms with van der Waals surface area (Å²) in [6, 6.07) is 12.9. The van der Waals surface area contributed by atoms with Crippen LogP contribution in [-0.2, 0) is 13.1 Å². The summed E-state index contributed by atoms with van der Waals surface area (Å²) < 4.78 is 0. The second kappa shape index (κ2) is 8.40. The number of rotatable bonds is 6. The first kappa shape index (κ1) is 17.8. The summed E-state index contributed by atoms with van der Waals surface area (Å²) in [7, 11) is 0. The highest BCUT2D eigenvalue weighted by Crippen LogP contribution is 2.16. The molecule has 0 saturated carbocycles. The molecule has 2 heterocycles. The Morgan fingerprint density at radius 2 is 1.85 bits per heavy atom. The predicted molar refractivity (Wildman–Crippen MR) is 101 cm³/mol. The number of hydrogen-bond donors (Lipinski definition) is 2. The first-order chi connectivity index (χ1) is 12.6. The SMILES string of the molecule is Cc1cc(C(=O)NCc2ccncc2)nc(NCc2ccccc2Cl)n1. The fraction of sp³-hybridized carbons (Fsp3) is 0.158. The number of aromatic nitrogens is 3. The van der Waals surface area contributed by atoms with Crippen molar-refractivity contribution in [3.05, 3.63) is 82.4 Å². The molecule has 6 nitrogen and oxygen atoms in total. The number of halogens is 1. The van der Waals surface area contributed by atoms with Crippen LogP contribution in [0, 0.1) is 6.92 Å². The summed E-state index contributed by atoms with van der Waals surface area (Å²) in [5.74, 6) is 0.132. The van der Waals surface area contributed by atoms with E-state index in [0.717, 1.165) is 11.1 Å². The Bertz CT molecular complexity index is 901. The topological polar surface area (TPSA) is 79.8 Å². The predicted octanol–water partition coefficient (Wildman–Crippen LogP) is 3.38. The molecule has 2 aromatic heterocycles. The molecule has 3 rings (SSSR count). The maximum absolute atomic E-state index is 12.4. The first-order valence-corrected chi connectivity index (χ1v) is 8.49. The van der Waals surface area contributed by atoms with Crippen LogP contribution in [0.4, 0.5) is 5.95 Å². The molecule has 0 bridgehead atoms. The van der Waals surface area contributed by atoms with E-state index in [0.29, 0.717) is 35.4 Å². The van der Waals surface area contributed by atoms with Gasteiger partial charge in [0, 0.05) is 36.2 Å². The van der Waals surface area contributed by atoms with Gasteiger partial charge in [0.2, 0.25) is 5.95 Å². The number of nitrogens with zero attached hydrogens (tertiary/aromatic N) is 3. The number of nitrogens with one attached hydrogen (secondary N) is 2. The normalized spacial score (nSPS) is 10.4. The second-order valence-corrected chi connectivity index (χ2v) is 6.11. The van der Waals surface area contributed by atoms with Crippen molar-refractivity contribution in [1.82, 2.24) is 20.3 Å². The Morgan fingerprint density at radius 3 is 2.62 bits per heavy atom. The van der Waals surface area contributed by atoms with Gasteiger partial charge in [0.05, 0.1) is 0 Å². The highest BCUT2D eigenvalue weighted by molar-refractivity contribution is 6.31. The average molecular weight is 368 g/mol. The zero-order valence-electron chi connectivity index (χ0n) is 14.2. The van der Waals surface area contributed by atoms with Crippen LogP contribution in [0.1, 0.15) is 27.3 Å². The van der Waals surface area contributed by atoms with Gasteiger partial charge in [0.25, 0.3) is 5.91 Å². The molecule has 1 aromatic carbocycles. The Morgan fingerprint density at radius 1 is 1.08 bits per heavy atom. The Kier molecular flexibility index (Phi) is 5.76. The molecule has 0 aliphatic rings. The lowest BCUT2D eigenvalue weighted by molar-refractivity contribution is 0.0945. The van der Waals surface area contributed by atoms with Gasteiger partial charge in [-0.25, -0.2) is 9.97 Å². The molecule has 7 heteroatoms. The molecule has 1 amide bonds. The number of aryl methyl sites for hydroxylation is 1. The van der Waals surface area contributed by atoms with Gasteiger partial charge in [-0.1, -0.05) is 29.8 Å². The van der Waals surface area contributed by atoms with Gasteiger partial charge in [-0.05, 0) is 42.3 Å². The Labute approximate surface area is 156 Å². The van der Waals surface area contributed by atoms with E-state index in [-0.39, 0.29) is 5.91 Å². The van der Waals surface area contributed by atoms with Crippen molar-refractivity contribution in [2.75, 3.05) is 5.32 Å². The number of anilines is 1. The van der Waals surface area contributed by atoms with Gasteiger partial charge in [0.1, 0.15) is 5.69 Å². The minimum Gasteiger partial charge on any atom is -0.350 e. The molecule has 0 aliphatic carbocycles. The molecule has 0 saturated heterocycles. The van der Waals surface area contributed by atoms with Gasteiger partial charge in [-0.3, -0.25) is 9.78 Å². The molecule has 0 atom stereocenters. The molecular weight excluding hydrogens is 350 g/mol. The van der Waals surface area contributed by atoms with Gasteiger partial charge < -0.3 is 10.6 Å². The molecule has 132 valence electrons. The monoisotopic (exact) mass is 367 g/mol. The molecule has 3 aromatic rings. The van der Waals surface area contributed by atoms with E-state index in [1.165, 1.54) is 0 Å². The van der Waals surface area contributed by atoms with E-state index < -0.39 is 0 Å². The van der Waals surface area contributed by atoms with E-state index in [4.69, 9.17) is 11.6 Å². The van der Waals surface area contributed by atoms with Gasteiger partial charge in [0.15, 0.2) is 0 Å². The van der Waals surface area contributed by atoms with Crippen molar-refractivity contribution in [3.8, 4) is 0 Å². The maximum Gasteiger partial charge on any atom is 0.270 e. The van der Waals surface area contributed by atoms with Crippen molar-refractivity contribution in [2.24, 2.45) is 0 Å². The van der Waals surface area contributed by atoms with Crippen LogP contribution < -0.4 is 10.6 Å². The molecular formula is C19H18ClN5O. The largest absolute Gasteiger partial charge is 0.350 e. The molecule has 0 unspecified atom stereocenters. The highest BCUT2D eigenvalue weighted by atomic mass is 35.5. The van der Waals surface area contributed by atoms with Crippen molar-refractivity contribution in [1.29, 1.82) is 0 Å². The van der Waals surface area contributed by atoms with E-state index in [9.17, 15) is 4.79 Å². The molecule has 26 heavy (non-hydrogen) atoms. The zero-order chi connectivity index (χ0) is 18.4. The second-order valence-electron chi connectivity index (χ2n) is 5.70. The van der Waals surface area contributed by atoms with Crippen LogP contribution in [0.2, 0.25) is 5.02 Å². The van der Waals surface area contributed by atoms with Crippen LogP contribution in [0.3, 0.4) is 0 Å². The first-order valence-electron chi connectivity index (χ1n) is 8.12. The standard InChI is InChI=1S/C19H18ClN5O/c1-13-10-17(18(26)22-11-14-6-8-21-9-7-14)25-19(24-13)23-12-15-4-2-3-5-16(15)20/h2-10H,11-12H2,1H3,(H,22,26)(H,23,24,25). The fourth-order valence-electron chi connectivity index (χ4n) is 2.35. The quantitative estimate of drug-likeness (QED) is 0.698. The molecule has 0 spiro atoms. The Hall–Kier alpha value is -2.99. The maximum atomic E-state index is 12.4. The summed E-state index contributed by atoms with van der Waals surface area (Å²) in [5.41, 5.74) is 2.92. The Balaban J connectivity index is 1.67. The van der Waals surface area contributed by atoms with E-state index >= 15 is 0 Å². The summed E-state index contributed by atoms with van der Waals surface area (Å²) in [4.78, 5) is 25.0. The third-order valence-corrected chi connectivity index (χ3v) is 4.05. The molecule has 0 radical (unpaired) electrons. The van der Waals surface area contributed by atoms with E-state index in [2.05, 4.69) is 25.6 Å². The number of carbonyl (C=O) groups is 1. The van der Waals surface area contributed by atoms with Gasteiger partial charge in [-0.15, -0.1) is 0 Å². The van der Waals surface area contributed by atoms with E-state index in [1.807, 2.05) is 43.3 Å². The molecule has 0 aliphatic heterocycles. The fourth-order valence-corrected chi connectivity index (χ4v) is 2.56. The van der Waals surface area contributed by atoms with Crippen LogP contribution in [0.5, 0.6) is 0 Å². The summed E-state index contributed by atoms with van der Waals surface area (Å²) in [6.45, 7) is 2.70. The lowest BCUT2D eigenvalue weighted by atomic mass is 10.2. The number of benzene rings is 1. The lowest BCUT2D eigenvalue weighted by Gasteiger charge is -2.10. The van der Waals surface area contributed by atoms with E-state index in [1.54, 1.807) is 18.5 Å². The smallest absolute Gasteiger partial charge is 0.270 e. The highest BCUT2D eigenvalue weighted by Gasteiger charge is 2.11.